The summed E-state index contributed by atoms with van der Waals surface area (Å²) < 4.78 is 41.9. The fourth-order valence-corrected chi connectivity index (χ4v) is 1.88. The van der Waals surface area contributed by atoms with Crippen LogP contribution in [0.4, 0.5) is 13.2 Å². The molecule has 0 spiro atoms. The molecule has 4 N–H and O–H groups in total. The van der Waals surface area contributed by atoms with Crippen LogP contribution in [0, 0.1) is 0 Å². The lowest BCUT2D eigenvalue weighted by atomic mass is 10.0. The van der Waals surface area contributed by atoms with E-state index in [9.17, 15) is 18.0 Å². The van der Waals surface area contributed by atoms with Crippen molar-refractivity contribution < 1.29 is 22.7 Å². The average molecular weight is 304 g/mol. The van der Waals surface area contributed by atoms with Gasteiger partial charge in [0.2, 0.25) is 5.96 Å². The lowest BCUT2D eigenvalue weighted by Gasteiger charge is -2.40. The number of alkyl halides is 3. The van der Waals surface area contributed by atoms with Gasteiger partial charge in [-0.05, 0) is 13.0 Å². The smallest absolute Gasteiger partial charge is 0.405 e. The number of guanidine groups is 1. The van der Waals surface area contributed by atoms with Crippen LogP contribution in [0.25, 0.3) is 0 Å². The number of fused-ring (bicyclic) bond motifs is 1. The molecule has 1 unspecified atom stereocenters. The highest BCUT2D eigenvalue weighted by Crippen LogP contribution is 2.35. The van der Waals surface area contributed by atoms with Gasteiger partial charge in [-0.15, -0.1) is 0 Å². The highest BCUT2D eigenvalue weighted by Gasteiger charge is 2.54. The number of amidine groups is 1. The molecule has 0 radical (unpaired) electrons. The summed E-state index contributed by atoms with van der Waals surface area (Å²) in [7, 11) is 1.27. The number of nitrogens with two attached hydrogens (primary N) is 2. The van der Waals surface area contributed by atoms with E-state index in [2.05, 4.69) is 19.8 Å². The lowest BCUT2D eigenvalue weighted by Crippen LogP contribution is -2.56. The second-order valence-corrected chi connectivity index (χ2v) is 4.29. The second kappa shape index (κ2) is 4.46. The van der Waals surface area contributed by atoms with E-state index in [1.54, 1.807) is 6.92 Å². The van der Waals surface area contributed by atoms with Crippen LogP contribution < -0.4 is 11.5 Å². The first-order valence-electron chi connectivity index (χ1n) is 5.57. The molecule has 114 valence electrons. The summed E-state index contributed by atoms with van der Waals surface area (Å²) in [5.74, 6) is -5.30. The van der Waals surface area contributed by atoms with Crippen LogP contribution in [0.15, 0.2) is 26.7 Å². The Bertz CT molecular complexity index is 621. The van der Waals surface area contributed by atoms with Gasteiger partial charge in [-0.3, -0.25) is 0 Å². The summed E-state index contributed by atoms with van der Waals surface area (Å²) in [5.41, 5.74) is 11.4. The number of rotatable bonds is 1. The molecule has 0 amide bonds. The van der Waals surface area contributed by atoms with Crippen molar-refractivity contribution in [3.05, 3.63) is 11.6 Å². The molecule has 0 bridgehead atoms. The number of aliphatic imine (C=N–C) groups is 2. The average Bonchev–Trinajstić information content (AvgIpc) is 2.30. The number of hydrogen-bond acceptors (Lipinski definition) is 8. The predicted octanol–water partition coefficient (Wildman–Crippen LogP) is -0.321. The fraction of sp³-hybridized carbons (Fsp3) is 0.400. The molecule has 2 aliphatic rings. The van der Waals surface area contributed by atoms with E-state index in [4.69, 9.17) is 11.5 Å². The number of carbonyl (C=O) groups excluding carboxylic acids is 1. The summed E-state index contributed by atoms with van der Waals surface area (Å²) in [5, 5.41) is 4.83. The Morgan fingerprint density at radius 2 is 2.05 bits per heavy atom. The minimum Gasteiger partial charge on any atom is -0.405 e. The van der Waals surface area contributed by atoms with Crippen LogP contribution in [0.3, 0.4) is 0 Å². The summed E-state index contributed by atoms with van der Waals surface area (Å²) in [4.78, 5) is 18.5. The number of carbonyl (C=O) groups is 1. The van der Waals surface area contributed by atoms with Crippen molar-refractivity contribution in [2.24, 2.45) is 26.6 Å². The number of hydrazone groups is 1. The third kappa shape index (κ3) is 2.41. The molecular weight excluding hydrogens is 293 g/mol. The lowest BCUT2D eigenvalue weighted by molar-refractivity contribution is -0.222. The molecule has 0 aromatic carbocycles. The number of nitrogens with zero attached hydrogens (tertiary/aromatic N) is 4. The number of halogens is 3. The van der Waals surface area contributed by atoms with Gasteiger partial charge >= 0.3 is 18.0 Å². The maximum absolute atomic E-state index is 12.5. The number of allylic oxidation sites excluding steroid dienone is 1. The molecule has 1 atom stereocenters. The van der Waals surface area contributed by atoms with Gasteiger partial charge in [-0.1, -0.05) is 0 Å². The van der Waals surface area contributed by atoms with E-state index in [1.165, 1.54) is 13.1 Å². The Labute approximate surface area is 116 Å². The summed E-state index contributed by atoms with van der Waals surface area (Å²) in [6.45, 7) is 1.58. The number of ether oxygens (including phenoxy) is 1. The number of likely N-dealkylation sites (N-methyl/N-ethyl adjacent to an activating group) is 1. The van der Waals surface area contributed by atoms with Crippen molar-refractivity contribution >= 4 is 23.5 Å². The van der Waals surface area contributed by atoms with Crippen LogP contribution in [0.5, 0.6) is 0 Å². The SMILES string of the molecule is CC1=NN(C)C2(OC(=O)C(F)(F)F)N=C(N)N=C(N)C2=C1. The molecule has 2 aliphatic heterocycles. The molecule has 2 rings (SSSR count). The van der Waals surface area contributed by atoms with Crippen molar-refractivity contribution in [2.45, 2.75) is 18.9 Å². The molecule has 8 nitrogen and oxygen atoms in total. The van der Waals surface area contributed by atoms with E-state index < -0.39 is 24.0 Å². The summed E-state index contributed by atoms with van der Waals surface area (Å²) in [6.07, 6.45) is -3.89. The molecule has 2 heterocycles. The van der Waals surface area contributed by atoms with Crippen LogP contribution in [-0.2, 0) is 9.53 Å². The molecule has 0 aromatic rings. The topological polar surface area (TPSA) is 119 Å². The monoisotopic (exact) mass is 304 g/mol. The van der Waals surface area contributed by atoms with Crippen molar-refractivity contribution in [3.8, 4) is 0 Å². The molecule has 0 fully saturated rings. The zero-order chi connectivity index (χ0) is 16.0. The van der Waals surface area contributed by atoms with Crippen molar-refractivity contribution in [2.75, 3.05) is 7.05 Å². The minimum atomic E-state index is -5.20. The quantitative estimate of drug-likeness (QED) is 0.643. The third-order valence-electron chi connectivity index (χ3n) is 2.69. The molecule has 0 saturated heterocycles. The van der Waals surface area contributed by atoms with Gasteiger partial charge in [0.1, 0.15) is 5.84 Å². The first kappa shape index (κ1) is 14.8. The number of hydrogen-bond donors (Lipinski definition) is 2. The molecule has 0 aromatic heterocycles. The van der Waals surface area contributed by atoms with Gasteiger partial charge in [0, 0.05) is 7.05 Å². The molecule has 21 heavy (non-hydrogen) atoms. The first-order chi connectivity index (χ1) is 9.56. The fourth-order valence-electron chi connectivity index (χ4n) is 1.88. The Morgan fingerprint density at radius 1 is 1.43 bits per heavy atom. The Kier molecular flexibility index (Phi) is 3.15. The standard InChI is InChI=1S/C10H11F3N6O2/c1-4-3-5-6(14)16-8(15)17-10(5,19(2)18-4)21-7(20)9(11,12)13/h3H,1-2H3,(H4,14,15,16,17). The highest BCUT2D eigenvalue weighted by molar-refractivity contribution is 6.12. The minimum absolute atomic E-state index is 0.0516. The van der Waals surface area contributed by atoms with Gasteiger partial charge in [0.15, 0.2) is 0 Å². The van der Waals surface area contributed by atoms with Gasteiger partial charge in [0.25, 0.3) is 0 Å². The van der Waals surface area contributed by atoms with Crippen LogP contribution in [0.2, 0.25) is 0 Å². The van der Waals surface area contributed by atoms with Gasteiger partial charge < -0.3 is 16.2 Å². The van der Waals surface area contributed by atoms with E-state index in [-0.39, 0.29) is 11.4 Å². The van der Waals surface area contributed by atoms with Crippen LogP contribution in [0.1, 0.15) is 6.92 Å². The van der Waals surface area contributed by atoms with Crippen molar-refractivity contribution in [1.29, 1.82) is 0 Å². The van der Waals surface area contributed by atoms with Gasteiger partial charge in [-0.25, -0.2) is 9.80 Å². The normalized spacial score (nSPS) is 25.3. The van der Waals surface area contributed by atoms with E-state index in [1.807, 2.05) is 0 Å². The molecule has 0 aliphatic carbocycles. The van der Waals surface area contributed by atoms with Crippen molar-refractivity contribution in [3.63, 3.8) is 0 Å². The zero-order valence-corrected chi connectivity index (χ0v) is 11.0. The van der Waals surface area contributed by atoms with Gasteiger partial charge in [-0.2, -0.15) is 28.3 Å². The van der Waals surface area contributed by atoms with E-state index in [0.717, 1.165) is 5.01 Å². The molecular formula is C10H11F3N6O2. The number of esters is 1. The second-order valence-electron chi connectivity index (χ2n) is 4.29. The predicted molar refractivity (Wildman–Crippen MR) is 67.1 cm³/mol. The largest absolute Gasteiger partial charge is 0.491 e. The Hall–Kier alpha value is -2.59. The molecule has 0 saturated carbocycles. The summed E-state index contributed by atoms with van der Waals surface area (Å²) in [6, 6.07) is 0. The van der Waals surface area contributed by atoms with E-state index >= 15 is 0 Å². The Balaban J connectivity index is 2.54. The maximum atomic E-state index is 12.5. The zero-order valence-electron chi connectivity index (χ0n) is 11.0. The Morgan fingerprint density at radius 3 is 2.62 bits per heavy atom. The summed E-state index contributed by atoms with van der Waals surface area (Å²) >= 11 is 0. The van der Waals surface area contributed by atoms with Gasteiger partial charge in [0.05, 0.1) is 11.3 Å². The third-order valence-corrected chi connectivity index (χ3v) is 2.69. The maximum Gasteiger partial charge on any atom is 0.491 e. The van der Waals surface area contributed by atoms with Crippen LogP contribution >= 0.6 is 0 Å². The van der Waals surface area contributed by atoms with Crippen LogP contribution in [-0.4, -0.2) is 47.6 Å². The highest BCUT2D eigenvalue weighted by atomic mass is 19.4. The van der Waals surface area contributed by atoms with E-state index in [0.29, 0.717) is 5.71 Å². The first-order valence-corrected chi connectivity index (χ1v) is 5.57. The van der Waals surface area contributed by atoms with Crippen molar-refractivity contribution in [1.82, 2.24) is 5.01 Å². The molecule has 11 heteroatoms.